The first kappa shape index (κ1) is 18.3. The van der Waals surface area contributed by atoms with Gasteiger partial charge in [0.1, 0.15) is 0 Å². The van der Waals surface area contributed by atoms with Crippen LogP contribution in [0.2, 0.25) is 0 Å². The first-order valence-corrected chi connectivity index (χ1v) is 12.7. The predicted octanol–water partition coefficient (Wildman–Crippen LogP) is 8.11. The second-order valence-electron chi connectivity index (χ2n) is 10.5. The molecule has 0 aromatic heterocycles. The molecule has 2 heterocycles. The van der Waals surface area contributed by atoms with Gasteiger partial charge in [0.25, 0.3) is 0 Å². The SMILES string of the molecule is c1ccc2c(c1)Cc1cc3c(cc1-2)Cc1c-3cc2c3c1Cc1ccccc1N3c1ccccc1C2. The molecule has 0 bridgehead atoms. The van der Waals surface area contributed by atoms with Gasteiger partial charge in [-0.1, -0.05) is 60.7 Å². The Hall–Kier alpha value is -4.10. The van der Waals surface area contributed by atoms with E-state index in [-0.39, 0.29) is 0 Å². The summed E-state index contributed by atoms with van der Waals surface area (Å²) in [5, 5.41) is 0. The van der Waals surface area contributed by atoms with Crippen LogP contribution in [-0.2, 0) is 25.7 Å². The molecule has 1 nitrogen and oxygen atoms in total. The summed E-state index contributed by atoms with van der Waals surface area (Å²) in [6.45, 7) is 0. The number of rotatable bonds is 0. The fourth-order valence-corrected chi connectivity index (χ4v) is 7.21. The maximum absolute atomic E-state index is 2.56. The van der Waals surface area contributed by atoms with Gasteiger partial charge in [0.2, 0.25) is 0 Å². The third-order valence-corrected chi connectivity index (χ3v) is 8.71. The van der Waals surface area contributed by atoms with E-state index in [0.29, 0.717) is 0 Å². The molecule has 0 amide bonds. The topological polar surface area (TPSA) is 3.24 Å². The maximum atomic E-state index is 2.56. The van der Waals surface area contributed by atoms with Crippen LogP contribution in [0.5, 0.6) is 0 Å². The van der Waals surface area contributed by atoms with Gasteiger partial charge in [-0.2, -0.15) is 0 Å². The van der Waals surface area contributed by atoms with Crippen LogP contribution >= 0.6 is 0 Å². The summed E-state index contributed by atoms with van der Waals surface area (Å²) in [5.74, 6) is 0. The van der Waals surface area contributed by atoms with Crippen molar-refractivity contribution >= 4 is 17.1 Å². The summed E-state index contributed by atoms with van der Waals surface area (Å²) in [6.07, 6.45) is 4.13. The molecule has 0 N–H and O–H groups in total. The van der Waals surface area contributed by atoms with Crippen molar-refractivity contribution in [2.45, 2.75) is 25.7 Å². The Morgan fingerprint density at radius 1 is 0.400 bits per heavy atom. The Kier molecular flexibility index (Phi) is 3.29. The fourth-order valence-electron chi connectivity index (χ4n) is 7.21. The lowest BCUT2D eigenvalue weighted by atomic mass is 9.82. The second-order valence-corrected chi connectivity index (χ2v) is 10.5. The van der Waals surface area contributed by atoms with E-state index in [0.717, 1.165) is 25.7 Å². The molecule has 0 fully saturated rings. The van der Waals surface area contributed by atoms with Crippen LogP contribution in [-0.4, -0.2) is 0 Å². The Morgan fingerprint density at radius 2 is 0.943 bits per heavy atom. The molecule has 5 aromatic carbocycles. The Morgan fingerprint density at radius 3 is 1.74 bits per heavy atom. The molecule has 1 heteroatoms. The van der Waals surface area contributed by atoms with Crippen molar-refractivity contribution in [3.63, 3.8) is 0 Å². The smallest absolute Gasteiger partial charge is 0.0535 e. The van der Waals surface area contributed by atoms with Crippen molar-refractivity contribution in [1.29, 1.82) is 0 Å². The van der Waals surface area contributed by atoms with Crippen LogP contribution in [0.1, 0.15) is 44.5 Å². The number of benzene rings is 5. The molecule has 164 valence electrons. The van der Waals surface area contributed by atoms with Gasteiger partial charge < -0.3 is 4.90 Å². The van der Waals surface area contributed by atoms with Gasteiger partial charge in [-0.3, -0.25) is 0 Å². The van der Waals surface area contributed by atoms with Crippen LogP contribution < -0.4 is 4.90 Å². The fraction of sp³-hybridized carbons (Fsp3) is 0.118. The molecular formula is C34H23N. The Balaban J connectivity index is 1.29. The van der Waals surface area contributed by atoms with Gasteiger partial charge >= 0.3 is 0 Å². The molecule has 9 rings (SSSR count). The van der Waals surface area contributed by atoms with E-state index in [1.807, 2.05) is 0 Å². The van der Waals surface area contributed by atoms with Crippen molar-refractivity contribution in [2.75, 3.05) is 4.90 Å². The number of nitrogens with zero attached hydrogens (tertiary/aromatic N) is 1. The molecular weight excluding hydrogens is 422 g/mol. The average molecular weight is 446 g/mol. The molecule has 5 aromatic rings. The largest absolute Gasteiger partial charge is 0.309 e. The minimum atomic E-state index is 1.01. The number of para-hydroxylation sites is 2. The number of hydrogen-bond acceptors (Lipinski definition) is 1. The number of anilines is 3. The summed E-state index contributed by atoms with van der Waals surface area (Å²) in [6, 6.07) is 34.5. The third kappa shape index (κ3) is 2.29. The van der Waals surface area contributed by atoms with Gasteiger partial charge in [-0.05, 0) is 110 Å². The normalized spacial score (nSPS) is 14.9. The molecule has 35 heavy (non-hydrogen) atoms. The molecule has 4 aliphatic rings. The first-order chi connectivity index (χ1) is 17.3. The molecule has 2 aliphatic carbocycles. The van der Waals surface area contributed by atoms with Crippen molar-refractivity contribution in [2.24, 2.45) is 0 Å². The highest BCUT2D eigenvalue weighted by atomic mass is 15.2. The molecule has 0 spiro atoms. The lowest BCUT2D eigenvalue weighted by molar-refractivity contribution is 0.994. The lowest BCUT2D eigenvalue weighted by Gasteiger charge is -2.40. The second kappa shape index (κ2) is 6.31. The van der Waals surface area contributed by atoms with Gasteiger partial charge in [0, 0.05) is 24.2 Å². The van der Waals surface area contributed by atoms with Crippen LogP contribution in [0.3, 0.4) is 0 Å². The van der Waals surface area contributed by atoms with Crippen molar-refractivity contribution in [1.82, 2.24) is 0 Å². The Labute approximate surface area is 205 Å². The quantitative estimate of drug-likeness (QED) is 0.228. The van der Waals surface area contributed by atoms with Crippen LogP contribution in [0, 0.1) is 0 Å². The zero-order valence-electron chi connectivity index (χ0n) is 19.4. The van der Waals surface area contributed by atoms with Gasteiger partial charge in [-0.15, -0.1) is 0 Å². The summed E-state index contributed by atoms with van der Waals surface area (Å²) in [7, 11) is 0. The van der Waals surface area contributed by atoms with Gasteiger partial charge in [0.05, 0.1) is 5.69 Å². The van der Waals surface area contributed by atoms with E-state index in [4.69, 9.17) is 0 Å². The zero-order valence-corrected chi connectivity index (χ0v) is 19.4. The summed E-state index contributed by atoms with van der Waals surface area (Å²) < 4.78 is 0. The summed E-state index contributed by atoms with van der Waals surface area (Å²) in [4.78, 5) is 2.56. The van der Waals surface area contributed by atoms with Gasteiger partial charge in [0.15, 0.2) is 0 Å². The van der Waals surface area contributed by atoms with Crippen LogP contribution in [0.4, 0.5) is 17.1 Å². The van der Waals surface area contributed by atoms with Crippen molar-refractivity contribution in [3.8, 4) is 22.3 Å². The molecule has 0 saturated carbocycles. The maximum Gasteiger partial charge on any atom is 0.0535 e. The first-order valence-electron chi connectivity index (χ1n) is 12.7. The van der Waals surface area contributed by atoms with E-state index < -0.39 is 0 Å². The highest BCUT2D eigenvalue weighted by Crippen LogP contribution is 2.55. The minimum Gasteiger partial charge on any atom is -0.309 e. The van der Waals surface area contributed by atoms with Gasteiger partial charge in [-0.25, -0.2) is 0 Å². The van der Waals surface area contributed by atoms with E-state index in [2.05, 4.69) is 95.9 Å². The summed E-state index contributed by atoms with van der Waals surface area (Å²) >= 11 is 0. The standard InChI is InChI=1S/C34H23N/c1-4-10-26-20(7-1)13-23-16-28-24(17-27(23)26)18-30-29(28)19-25-14-21-8-2-5-11-32(21)35-33-12-6-3-9-22(33)15-31(30)34(25)35/h1-12,16-17,19H,13-15,18H2. The van der Waals surface area contributed by atoms with Crippen LogP contribution in [0.15, 0.2) is 91.0 Å². The third-order valence-electron chi connectivity index (χ3n) is 8.71. The monoisotopic (exact) mass is 445 g/mol. The molecule has 2 aliphatic heterocycles. The number of fused-ring (bicyclic) bond motifs is 11. The Bertz CT molecular complexity index is 1740. The highest BCUT2D eigenvalue weighted by molar-refractivity contribution is 5.94. The van der Waals surface area contributed by atoms with Crippen molar-refractivity contribution < 1.29 is 0 Å². The molecule has 0 saturated heterocycles. The van der Waals surface area contributed by atoms with E-state index >= 15 is 0 Å². The molecule has 0 radical (unpaired) electrons. The van der Waals surface area contributed by atoms with E-state index in [1.54, 1.807) is 11.1 Å². The molecule has 0 atom stereocenters. The number of hydrogen-bond donors (Lipinski definition) is 0. The van der Waals surface area contributed by atoms with Crippen LogP contribution in [0.25, 0.3) is 22.3 Å². The average Bonchev–Trinajstić information content (AvgIpc) is 3.44. The highest BCUT2D eigenvalue weighted by Gasteiger charge is 2.36. The minimum absolute atomic E-state index is 1.01. The van der Waals surface area contributed by atoms with Crippen molar-refractivity contribution in [3.05, 3.63) is 136 Å². The predicted molar refractivity (Wildman–Crippen MR) is 143 cm³/mol. The lowest BCUT2D eigenvalue weighted by Crippen LogP contribution is -2.25. The zero-order chi connectivity index (χ0) is 22.7. The van der Waals surface area contributed by atoms with E-state index in [9.17, 15) is 0 Å². The molecule has 0 unspecified atom stereocenters. The van der Waals surface area contributed by atoms with E-state index in [1.165, 1.54) is 72.7 Å². The summed E-state index contributed by atoms with van der Waals surface area (Å²) in [5.41, 5.74) is 21.8.